The highest BCUT2D eigenvalue weighted by molar-refractivity contribution is 5.48. The van der Waals surface area contributed by atoms with Gasteiger partial charge in [0, 0.05) is 31.7 Å². The van der Waals surface area contributed by atoms with Crippen molar-refractivity contribution in [3.63, 3.8) is 0 Å². The Balaban J connectivity index is 1.93. The first-order chi connectivity index (χ1) is 9.75. The van der Waals surface area contributed by atoms with Crippen molar-refractivity contribution in [3.8, 4) is 0 Å². The molecule has 0 unspecified atom stereocenters. The summed E-state index contributed by atoms with van der Waals surface area (Å²) in [6.45, 7) is 8.02. The van der Waals surface area contributed by atoms with Crippen molar-refractivity contribution in [1.82, 2.24) is 9.97 Å². The maximum Gasteiger partial charge on any atom is 0.132 e. The van der Waals surface area contributed by atoms with E-state index in [0.717, 1.165) is 56.3 Å². The van der Waals surface area contributed by atoms with Gasteiger partial charge in [0.05, 0.1) is 6.10 Å². The molecule has 0 bridgehead atoms. The maximum atomic E-state index is 5.58. The lowest BCUT2D eigenvalue weighted by atomic mass is 9.89. The van der Waals surface area contributed by atoms with Crippen LogP contribution in [0.2, 0.25) is 0 Å². The van der Waals surface area contributed by atoms with Crippen molar-refractivity contribution in [3.05, 3.63) is 11.9 Å². The number of aryl methyl sites for hydroxylation is 1. The quantitative estimate of drug-likeness (QED) is 0.765. The zero-order valence-electron chi connectivity index (χ0n) is 12.8. The molecular weight excluding hydrogens is 252 g/mol. The van der Waals surface area contributed by atoms with E-state index in [1.807, 2.05) is 13.0 Å². The summed E-state index contributed by atoms with van der Waals surface area (Å²) in [5, 5.41) is 6.82. The van der Waals surface area contributed by atoms with Crippen molar-refractivity contribution in [2.45, 2.75) is 58.6 Å². The van der Waals surface area contributed by atoms with Crippen LogP contribution in [-0.4, -0.2) is 35.3 Å². The molecule has 1 aromatic heterocycles. The van der Waals surface area contributed by atoms with Crippen LogP contribution in [0.3, 0.4) is 0 Å². The van der Waals surface area contributed by atoms with Crippen LogP contribution in [0.15, 0.2) is 6.07 Å². The number of aromatic nitrogens is 2. The molecule has 112 valence electrons. The summed E-state index contributed by atoms with van der Waals surface area (Å²) in [7, 11) is 0. The van der Waals surface area contributed by atoms with Gasteiger partial charge in [-0.15, -0.1) is 0 Å². The molecular formula is C15H26N4O. The average Bonchev–Trinajstić information content (AvgIpc) is 2.42. The van der Waals surface area contributed by atoms with Crippen LogP contribution in [0, 0.1) is 0 Å². The standard InChI is InChI=1S/C15H26N4O/c1-4-7-16-14-10-15(19-13(5-2)18-14)17-11-8-12(9-11)20-6-3/h10-12H,4-9H2,1-3H3,(H2,16,17,18,19). The second kappa shape index (κ2) is 7.43. The van der Waals surface area contributed by atoms with E-state index in [1.54, 1.807) is 0 Å². The van der Waals surface area contributed by atoms with Gasteiger partial charge in [0.25, 0.3) is 0 Å². The summed E-state index contributed by atoms with van der Waals surface area (Å²) in [6.07, 6.45) is 4.49. The first kappa shape index (κ1) is 15.0. The topological polar surface area (TPSA) is 59.1 Å². The first-order valence-corrected chi connectivity index (χ1v) is 7.75. The van der Waals surface area contributed by atoms with Crippen molar-refractivity contribution >= 4 is 11.6 Å². The summed E-state index contributed by atoms with van der Waals surface area (Å²) in [6, 6.07) is 2.48. The number of hydrogen-bond acceptors (Lipinski definition) is 5. The summed E-state index contributed by atoms with van der Waals surface area (Å²) < 4.78 is 5.58. The predicted molar refractivity (Wildman–Crippen MR) is 82.2 cm³/mol. The lowest BCUT2D eigenvalue weighted by molar-refractivity contribution is 0.00292. The van der Waals surface area contributed by atoms with Crippen LogP contribution >= 0.6 is 0 Å². The Labute approximate surface area is 121 Å². The number of anilines is 2. The van der Waals surface area contributed by atoms with Crippen LogP contribution in [0.25, 0.3) is 0 Å². The highest BCUT2D eigenvalue weighted by Gasteiger charge is 2.29. The SMILES string of the molecule is CCCNc1cc(NC2CC(OCC)C2)nc(CC)n1. The van der Waals surface area contributed by atoms with E-state index < -0.39 is 0 Å². The molecule has 1 aromatic rings. The van der Waals surface area contributed by atoms with E-state index >= 15 is 0 Å². The molecule has 0 saturated heterocycles. The fourth-order valence-corrected chi connectivity index (χ4v) is 2.34. The van der Waals surface area contributed by atoms with Crippen molar-refractivity contribution in [2.75, 3.05) is 23.8 Å². The molecule has 20 heavy (non-hydrogen) atoms. The highest BCUT2D eigenvalue weighted by atomic mass is 16.5. The highest BCUT2D eigenvalue weighted by Crippen LogP contribution is 2.26. The molecule has 0 atom stereocenters. The van der Waals surface area contributed by atoms with E-state index in [0.29, 0.717) is 12.1 Å². The van der Waals surface area contributed by atoms with Gasteiger partial charge in [-0.05, 0) is 26.2 Å². The van der Waals surface area contributed by atoms with Crippen molar-refractivity contribution in [2.24, 2.45) is 0 Å². The Morgan fingerprint density at radius 2 is 1.95 bits per heavy atom. The number of hydrogen-bond donors (Lipinski definition) is 2. The smallest absolute Gasteiger partial charge is 0.132 e. The zero-order chi connectivity index (χ0) is 14.4. The Hall–Kier alpha value is -1.36. The molecule has 0 aromatic carbocycles. The van der Waals surface area contributed by atoms with Gasteiger partial charge < -0.3 is 15.4 Å². The molecule has 1 heterocycles. The fourth-order valence-electron chi connectivity index (χ4n) is 2.34. The van der Waals surface area contributed by atoms with Gasteiger partial charge in [-0.3, -0.25) is 0 Å². The first-order valence-electron chi connectivity index (χ1n) is 7.75. The van der Waals surface area contributed by atoms with Gasteiger partial charge in [0.1, 0.15) is 17.5 Å². The van der Waals surface area contributed by atoms with E-state index in [1.165, 1.54) is 0 Å². The summed E-state index contributed by atoms with van der Waals surface area (Å²) in [4.78, 5) is 9.05. The summed E-state index contributed by atoms with van der Waals surface area (Å²) >= 11 is 0. The van der Waals surface area contributed by atoms with Gasteiger partial charge in [-0.25, -0.2) is 9.97 Å². The molecule has 5 heteroatoms. The van der Waals surface area contributed by atoms with Crippen LogP contribution < -0.4 is 10.6 Å². The Kier molecular flexibility index (Phi) is 5.59. The van der Waals surface area contributed by atoms with Crippen molar-refractivity contribution in [1.29, 1.82) is 0 Å². The minimum Gasteiger partial charge on any atom is -0.378 e. The van der Waals surface area contributed by atoms with Gasteiger partial charge >= 0.3 is 0 Å². The third kappa shape index (κ3) is 4.07. The molecule has 1 fully saturated rings. The number of ether oxygens (including phenoxy) is 1. The van der Waals surface area contributed by atoms with E-state index in [9.17, 15) is 0 Å². The Morgan fingerprint density at radius 3 is 2.60 bits per heavy atom. The summed E-state index contributed by atoms with van der Waals surface area (Å²) in [5.74, 6) is 2.73. The molecule has 0 spiro atoms. The molecule has 5 nitrogen and oxygen atoms in total. The third-order valence-corrected chi connectivity index (χ3v) is 3.49. The molecule has 2 N–H and O–H groups in total. The molecule has 0 radical (unpaired) electrons. The Bertz CT molecular complexity index is 418. The second-order valence-electron chi connectivity index (χ2n) is 5.22. The number of nitrogens with zero attached hydrogens (tertiary/aromatic N) is 2. The predicted octanol–water partition coefficient (Wildman–Crippen LogP) is 2.84. The fraction of sp³-hybridized carbons (Fsp3) is 0.733. The van der Waals surface area contributed by atoms with Gasteiger partial charge in [0.15, 0.2) is 0 Å². The van der Waals surface area contributed by atoms with Crippen LogP contribution in [-0.2, 0) is 11.2 Å². The van der Waals surface area contributed by atoms with Crippen molar-refractivity contribution < 1.29 is 4.74 Å². The third-order valence-electron chi connectivity index (χ3n) is 3.49. The largest absolute Gasteiger partial charge is 0.378 e. The lowest BCUT2D eigenvalue weighted by Gasteiger charge is -2.35. The maximum absolute atomic E-state index is 5.58. The van der Waals surface area contributed by atoms with E-state index in [4.69, 9.17) is 4.74 Å². The minimum absolute atomic E-state index is 0.419. The lowest BCUT2D eigenvalue weighted by Crippen LogP contribution is -2.41. The minimum atomic E-state index is 0.419. The molecule has 1 aliphatic rings. The molecule has 2 rings (SSSR count). The molecule has 0 aliphatic heterocycles. The number of rotatable bonds is 8. The van der Waals surface area contributed by atoms with Crippen LogP contribution in [0.5, 0.6) is 0 Å². The molecule has 1 saturated carbocycles. The van der Waals surface area contributed by atoms with Gasteiger partial charge in [-0.2, -0.15) is 0 Å². The van der Waals surface area contributed by atoms with Gasteiger partial charge in [0.2, 0.25) is 0 Å². The second-order valence-corrected chi connectivity index (χ2v) is 5.22. The van der Waals surface area contributed by atoms with E-state index in [2.05, 4.69) is 34.4 Å². The van der Waals surface area contributed by atoms with Crippen LogP contribution in [0.1, 0.15) is 45.9 Å². The Morgan fingerprint density at radius 1 is 1.20 bits per heavy atom. The van der Waals surface area contributed by atoms with E-state index in [-0.39, 0.29) is 0 Å². The van der Waals surface area contributed by atoms with Gasteiger partial charge in [-0.1, -0.05) is 13.8 Å². The zero-order valence-corrected chi connectivity index (χ0v) is 12.8. The average molecular weight is 278 g/mol. The summed E-state index contributed by atoms with van der Waals surface area (Å²) in [5.41, 5.74) is 0. The monoisotopic (exact) mass is 278 g/mol. The molecule has 0 amide bonds. The van der Waals surface area contributed by atoms with Crippen LogP contribution in [0.4, 0.5) is 11.6 Å². The normalized spacial score (nSPS) is 21.4. The number of nitrogens with one attached hydrogen (secondary N) is 2. The molecule has 1 aliphatic carbocycles.